The van der Waals surface area contributed by atoms with E-state index in [2.05, 4.69) is 6.58 Å². The largest absolute Gasteiger partial charge is 0.423 e. The zero-order valence-corrected chi connectivity index (χ0v) is 11.9. The highest BCUT2D eigenvalue weighted by atomic mass is 19.1. The van der Waals surface area contributed by atoms with E-state index in [0.29, 0.717) is 23.3 Å². The minimum absolute atomic E-state index is 0.176. The third-order valence-corrected chi connectivity index (χ3v) is 3.12. The van der Waals surface area contributed by atoms with Crippen LogP contribution >= 0.6 is 0 Å². The summed E-state index contributed by atoms with van der Waals surface area (Å²) in [5.74, 6) is -0.128. The summed E-state index contributed by atoms with van der Waals surface area (Å²) >= 11 is 0. The molecule has 21 heavy (non-hydrogen) atoms. The van der Waals surface area contributed by atoms with Crippen LogP contribution in [0.25, 0.3) is 0 Å². The lowest BCUT2D eigenvalue weighted by Gasteiger charge is -2.06. The molecule has 3 heteroatoms. The van der Waals surface area contributed by atoms with Gasteiger partial charge in [0.15, 0.2) is 0 Å². The van der Waals surface area contributed by atoms with Crippen molar-refractivity contribution >= 4 is 5.97 Å². The Labute approximate surface area is 123 Å². The molecule has 0 spiro atoms. The van der Waals surface area contributed by atoms with Gasteiger partial charge in [-0.1, -0.05) is 36.9 Å². The summed E-state index contributed by atoms with van der Waals surface area (Å²) in [6.07, 6.45) is 1.37. The average molecular weight is 284 g/mol. The number of benzene rings is 2. The predicted molar refractivity (Wildman–Crippen MR) is 80.7 cm³/mol. The Bertz CT molecular complexity index is 645. The second-order valence-corrected chi connectivity index (χ2v) is 4.91. The first kappa shape index (κ1) is 15.0. The number of carbonyl (C=O) groups excluding carboxylic acids is 1. The van der Waals surface area contributed by atoms with Gasteiger partial charge in [-0.05, 0) is 49.1 Å². The number of hydrogen-bond acceptors (Lipinski definition) is 2. The van der Waals surface area contributed by atoms with Gasteiger partial charge in [0.2, 0.25) is 0 Å². The molecule has 2 aromatic carbocycles. The summed E-state index contributed by atoms with van der Waals surface area (Å²) in [5.41, 5.74) is 2.13. The summed E-state index contributed by atoms with van der Waals surface area (Å²) in [4.78, 5) is 11.4. The van der Waals surface area contributed by atoms with Crippen molar-refractivity contribution in [2.24, 2.45) is 0 Å². The van der Waals surface area contributed by atoms with Gasteiger partial charge in [0.25, 0.3) is 0 Å². The van der Waals surface area contributed by atoms with Gasteiger partial charge in [0, 0.05) is 5.57 Å². The van der Waals surface area contributed by atoms with Gasteiger partial charge in [-0.15, -0.1) is 0 Å². The smallest absolute Gasteiger partial charge is 0.338 e. The minimum Gasteiger partial charge on any atom is -0.423 e. The number of ether oxygens (including phenoxy) is 1. The molecule has 0 amide bonds. The maximum atomic E-state index is 13.5. The van der Waals surface area contributed by atoms with Gasteiger partial charge >= 0.3 is 5.97 Å². The molecule has 0 unspecified atom stereocenters. The Balaban J connectivity index is 1.95. The molecule has 0 saturated heterocycles. The number of esters is 1. The van der Waals surface area contributed by atoms with Crippen molar-refractivity contribution in [1.29, 1.82) is 0 Å². The second-order valence-electron chi connectivity index (χ2n) is 4.91. The fourth-order valence-electron chi connectivity index (χ4n) is 1.90. The predicted octanol–water partition coefficient (Wildman–Crippen LogP) is 4.09. The van der Waals surface area contributed by atoms with E-state index in [-0.39, 0.29) is 5.82 Å². The molecule has 0 radical (unpaired) electrons. The van der Waals surface area contributed by atoms with E-state index in [1.54, 1.807) is 31.2 Å². The van der Waals surface area contributed by atoms with Crippen LogP contribution in [0.2, 0.25) is 0 Å². The average Bonchev–Trinajstić information content (AvgIpc) is 2.48. The molecule has 108 valence electrons. The molecule has 2 rings (SSSR count). The standard InChI is InChI=1S/C18H17FO2/c1-13(2)18(20)21-16-11-8-14(9-12-16)7-10-15-5-3-4-6-17(15)19/h3-6,8-9,11-12H,1,7,10H2,2H3. The lowest BCUT2D eigenvalue weighted by molar-refractivity contribution is -0.130. The van der Waals surface area contributed by atoms with Crippen LogP contribution in [0.3, 0.4) is 0 Å². The zero-order chi connectivity index (χ0) is 15.2. The number of rotatable bonds is 5. The van der Waals surface area contributed by atoms with Crippen LogP contribution in [-0.4, -0.2) is 5.97 Å². The molecule has 2 aromatic rings. The van der Waals surface area contributed by atoms with E-state index in [0.717, 1.165) is 12.0 Å². The lowest BCUT2D eigenvalue weighted by atomic mass is 10.0. The van der Waals surface area contributed by atoms with Crippen LogP contribution in [-0.2, 0) is 17.6 Å². The molecule has 2 nitrogen and oxygen atoms in total. The summed E-state index contributed by atoms with van der Waals surface area (Å²) in [5, 5.41) is 0. The normalized spacial score (nSPS) is 10.2. The first-order valence-corrected chi connectivity index (χ1v) is 6.76. The molecule has 0 fully saturated rings. The Morgan fingerprint density at radius 2 is 1.76 bits per heavy atom. The third-order valence-electron chi connectivity index (χ3n) is 3.12. The van der Waals surface area contributed by atoms with E-state index in [1.165, 1.54) is 6.07 Å². The topological polar surface area (TPSA) is 26.3 Å². The Hall–Kier alpha value is -2.42. The van der Waals surface area contributed by atoms with Crippen molar-refractivity contribution in [3.8, 4) is 5.75 Å². The van der Waals surface area contributed by atoms with Crippen LogP contribution < -0.4 is 4.74 Å². The molecule has 0 N–H and O–H groups in total. The highest BCUT2D eigenvalue weighted by Gasteiger charge is 2.05. The van der Waals surface area contributed by atoms with Crippen LogP contribution in [0.1, 0.15) is 18.1 Å². The van der Waals surface area contributed by atoms with Gasteiger partial charge in [0.05, 0.1) is 0 Å². The van der Waals surface area contributed by atoms with Crippen molar-refractivity contribution in [2.75, 3.05) is 0 Å². The van der Waals surface area contributed by atoms with Crippen molar-refractivity contribution in [2.45, 2.75) is 19.8 Å². The maximum Gasteiger partial charge on any atom is 0.338 e. The van der Waals surface area contributed by atoms with Gasteiger partial charge in [-0.3, -0.25) is 0 Å². The first-order valence-electron chi connectivity index (χ1n) is 6.76. The van der Waals surface area contributed by atoms with Crippen LogP contribution in [0.5, 0.6) is 5.75 Å². The van der Waals surface area contributed by atoms with Gasteiger partial charge in [-0.2, -0.15) is 0 Å². The van der Waals surface area contributed by atoms with Gasteiger partial charge in [-0.25, -0.2) is 9.18 Å². The summed E-state index contributed by atoms with van der Waals surface area (Å²) in [6, 6.07) is 14.0. The minimum atomic E-state index is -0.436. The van der Waals surface area contributed by atoms with Crippen molar-refractivity contribution in [3.05, 3.63) is 77.6 Å². The summed E-state index contributed by atoms with van der Waals surface area (Å²) in [6.45, 7) is 5.13. The van der Waals surface area contributed by atoms with Crippen molar-refractivity contribution < 1.29 is 13.9 Å². The van der Waals surface area contributed by atoms with E-state index < -0.39 is 5.97 Å². The van der Waals surface area contributed by atoms with Gasteiger partial charge in [0.1, 0.15) is 11.6 Å². The van der Waals surface area contributed by atoms with Crippen molar-refractivity contribution in [3.63, 3.8) is 0 Å². The molecule has 0 heterocycles. The quantitative estimate of drug-likeness (QED) is 0.469. The zero-order valence-electron chi connectivity index (χ0n) is 11.9. The van der Waals surface area contributed by atoms with E-state index in [4.69, 9.17) is 4.74 Å². The first-order chi connectivity index (χ1) is 10.1. The molecule has 0 aliphatic carbocycles. The SMILES string of the molecule is C=C(C)C(=O)Oc1ccc(CCc2ccccc2F)cc1. The highest BCUT2D eigenvalue weighted by molar-refractivity contribution is 5.88. The Morgan fingerprint density at radius 3 is 2.38 bits per heavy atom. The molecule has 0 aromatic heterocycles. The lowest BCUT2D eigenvalue weighted by Crippen LogP contribution is -2.08. The Kier molecular flexibility index (Phi) is 4.88. The van der Waals surface area contributed by atoms with Crippen molar-refractivity contribution in [1.82, 2.24) is 0 Å². The van der Waals surface area contributed by atoms with Crippen LogP contribution in [0.4, 0.5) is 4.39 Å². The fraction of sp³-hybridized carbons (Fsp3) is 0.167. The fourth-order valence-corrected chi connectivity index (χ4v) is 1.90. The summed E-state index contributed by atoms with van der Waals surface area (Å²) < 4.78 is 18.6. The third kappa shape index (κ3) is 4.28. The number of aryl methyl sites for hydroxylation is 2. The number of halogens is 1. The molecule has 0 aliphatic rings. The van der Waals surface area contributed by atoms with Gasteiger partial charge < -0.3 is 4.74 Å². The maximum absolute atomic E-state index is 13.5. The molecule has 0 aliphatic heterocycles. The second kappa shape index (κ2) is 6.84. The molecular formula is C18H17FO2. The summed E-state index contributed by atoms with van der Waals surface area (Å²) in [7, 11) is 0. The highest BCUT2D eigenvalue weighted by Crippen LogP contribution is 2.16. The molecule has 0 bridgehead atoms. The number of hydrogen-bond donors (Lipinski definition) is 0. The van der Waals surface area contributed by atoms with Crippen LogP contribution in [0.15, 0.2) is 60.7 Å². The molecular weight excluding hydrogens is 267 g/mol. The molecule has 0 saturated carbocycles. The van der Waals surface area contributed by atoms with E-state index in [1.807, 2.05) is 18.2 Å². The number of carbonyl (C=O) groups is 1. The van der Waals surface area contributed by atoms with Crippen LogP contribution in [0, 0.1) is 5.82 Å². The monoisotopic (exact) mass is 284 g/mol. The Morgan fingerprint density at radius 1 is 1.10 bits per heavy atom. The van der Waals surface area contributed by atoms with E-state index >= 15 is 0 Å². The van der Waals surface area contributed by atoms with E-state index in [9.17, 15) is 9.18 Å². The molecule has 0 atom stereocenters.